The van der Waals surface area contributed by atoms with Crippen LogP contribution in [0.15, 0.2) is 66.9 Å². The molecule has 4 rings (SSSR count). The molecule has 136 valence electrons. The van der Waals surface area contributed by atoms with Crippen LogP contribution >= 0.6 is 0 Å². The van der Waals surface area contributed by atoms with Crippen LogP contribution in [0.4, 0.5) is 0 Å². The van der Waals surface area contributed by atoms with Crippen LogP contribution in [0.25, 0.3) is 21.7 Å². The maximum absolute atomic E-state index is 13.5. The van der Waals surface area contributed by atoms with Gasteiger partial charge in [0.15, 0.2) is 5.78 Å². The predicted octanol–water partition coefficient (Wildman–Crippen LogP) is 6.52. The van der Waals surface area contributed by atoms with E-state index in [4.69, 9.17) is 0 Å². The number of aryl methyl sites for hydroxylation is 2. The molecule has 0 saturated heterocycles. The normalized spacial score (nSPS) is 11.3. The summed E-state index contributed by atoms with van der Waals surface area (Å²) in [6, 6.07) is 20.5. The number of ketones is 1. The number of fused-ring (bicyclic) bond motifs is 2. The van der Waals surface area contributed by atoms with Crippen LogP contribution in [0.1, 0.15) is 47.7 Å². The molecule has 0 aliphatic rings. The van der Waals surface area contributed by atoms with E-state index in [1.807, 2.05) is 24.3 Å². The van der Waals surface area contributed by atoms with E-state index in [-0.39, 0.29) is 5.78 Å². The minimum atomic E-state index is 0.108. The highest BCUT2D eigenvalue weighted by Crippen LogP contribution is 2.28. The molecule has 3 aromatic carbocycles. The van der Waals surface area contributed by atoms with Crippen molar-refractivity contribution >= 4 is 27.5 Å². The molecule has 0 aliphatic carbocycles. The van der Waals surface area contributed by atoms with Gasteiger partial charge in [-0.3, -0.25) is 4.79 Å². The summed E-state index contributed by atoms with van der Waals surface area (Å²) in [5.41, 5.74) is 3.90. The largest absolute Gasteiger partial charge is 0.347 e. The van der Waals surface area contributed by atoms with Crippen molar-refractivity contribution in [3.63, 3.8) is 0 Å². The average Bonchev–Trinajstić information content (AvgIpc) is 3.06. The number of benzene rings is 3. The maximum Gasteiger partial charge on any atom is 0.195 e. The number of unbranched alkanes of at least 4 members (excludes halogenated alkanes) is 2. The quantitative estimate of drug-likeness (QED) is 0.285. The Morgan fingerprint density at radius 2 is 1.74 bits per heavy atom. The smallest absolute Gasteiger partial charge is 0.195 e. The first-order chi connectivity index (χ1) is 13.2. The van der Waals surface area contributed by atoms with Gasteiger partial charge >= 0.3 is 0 Å². The van der Waals surface area contributed by atoms with E-state index in [0.29, 0.717) is 0 Å². The topological polar surface area (TPSA) is 22.0 Å². The summed E-state index contributed by atoms with van der Waals surface area (Å²) in [6.07, 6.45) is 5.59. The van der Waals surface area contributed by atoms with E-state index < -0.39 is 0 Å². The zero-order chi connectivity index (χ0) is 18.8. The van der Waals surface area contributed by atoms with Crippen LogP contribution in [-0.2, 0) is 6.54 Å². The molecule has 0 N–H and O–H groups in total. The molecule has 0 fully saturated rings. The van der Waals surface area contributed by atoms with Gasteiger partial charge in [-0.25, -0.2) is 0 Å². The Hall–Kier alpha value is -2.87. The lowest BCUT2D eigenvalue weighted by Gasteiger charge is -2.06. The van der Waals surface area contributed by atoms with Gasteiger partial charge in [0.1, 0.15) is 0 Å². The van der Waals surface area contributed by atoms with Gasteiger partial charge in [-0.2, -0.15) is 0 Å². The molecule has 1 heterocycles. The second-order valence-corrected chi connectivity index (χ2v) is 7.32. The molecule has 2 heteroatoms. The van der Waals surface area contributed by atoms with Gasteiger partial charge in [0, 0.05) is 34.8 Å². The summed E-state index contributed by atoms with van der Waals surface area (Å²) in [6.45, 7) is 5.24. The number of carbonyl (C=O) groups excluding carboxylic acids is 1. The monoisotopic (exact) mass is 355 g/mol. The van der Waals surface area contributed by atoms with Crippen molar-refractivity contribution in [3.05, 3.63) is 83.6 Å². The van der Waals surface area contributed by atoms with Crippen LogP contribution in [0, 0.1) is 6.92 Å². The highest BCUT2D eigenvalue weighted by atomic mass is 16.1. The third-order valence-corrected chi connectivity index (χ3v) is 5.32. The maximum atomic E-state index is 13.5. The highest BCUT2D eigenvalue weighted by molar-refractivity contribution is 6.21. The number of rotatable bonds is 6. The Morgan fingerprint density at radius 1 is 0.889 bits per heavy atom. The lowest BCUT2D eigenvalue weighted by atomic mass is 9.96. The molecular weight excluding hydrogens is 330 g/mol. The number of carbonyl (C=O) groups is 1. The number of aromatic nitrogens is 1. The Labute approximate surface area is 160 Å². The zero-order valence-corrected chi connectivity index (χ0v) is 16.0. The summed E-state index contributed by atoms with van der Waals surface area (Å²) >= 11 is 0. The fraction of sp³-hybridized carbons (Fsp3) is 0.240. The number of hydrogen-bond donors (Lipinski definition) is 0. The second-order valence-electron chi connectivity index (χ2n) is 7.32. The van der Waals surface area contributed by atoms with E-state index in [9.17, 15) is 4.79 Å². The molecule has 0 unspecified atom stereocenters. The van der Waals surface area contributed by atoms with Crippen LogP contribution < -0.4 is 0 Å². The lowest BCUT2D eigenvalue weighted by Crippen LogP contribution is -2.02. The Morgan fingerprint density at radius 3 is 2.59 bits per heavy atom. The van der Waals surface area contributed by atoms with Crippen LogP contribution in [0.2, 0.25) is 0 Å². The zero-order valence-electron chi connectivity index (χ0n) is 16.0. The van der Waals surface area contributed by atoms with Crippen LogP contribution in [0.5, 0.6) is 0 Å². The van der Waals surface area contributed by atoms with E-state index >= 15 is 0 Å². The summed E-state index contributed by atoms with van der Waals surface area (Å²) in [4.78, 5) is 13.5. The summed E-state index contributed by atoms with van der Waals surface area (Å²) < 4.78 is 2.24. The first kappa shape index (κ1) is 17.5. The Bertz CT molecular complexity index is 1120. The SMILES string of the molecule is CCCCCn1cc(C(=O)c2cccc3ccc(C)cc23)c2ccccc21. The number of nitrogens with zero attached hydrogens (tertiary/aromatic N) is 1. The van der Waals surface area contributed by atoms with E-state index in [0.717, 1.165) is 45.8 Å². The van der Waals surface area contributed by atoms with Gasteiger partial charge in [0.25, 0.3) is 0 Å². The fourth-order valence-electron chi connectivity index (χ4n) is 3.87. The van der Waals surface area contributed by atoms with Gasteiger partial charge in [0.05, 0.1) is 0 Å². The molecule has 2 nitrogen and oxygen atoms in total. The molecule has 0 aliphatic heterocycles. The number of para-hydroxylation sites is 1. The van der Waals surface area contributed by atoms with E-state index in [1.54, 1.807) is 0 Å². The molecule has 4 aromatic rings. The van der Waals surface area contributed by atoms with Crippen molar-refractivity contribution in [2.45, 2.75) is 39.7 Å². The summed E-state index contributed by atoms with van der Waals surface area (Å²) in [5, 5.41) is 3.19. The molecule has 0 radical (unpaired) electrons. The minimum absolute atomic E-state index is 0.108. The molecule has 1 aromatic heterocycles. The molecule has 27 heavy (non-hydrogen) atoms. The highest BCUT2D eigenvalue weighted by Gasteiger charge is 2.18. The van der Waals surface area contributed by atoms with Crippen molar-refractivity contribution in [1.29, 1.82) is 0 Å². The third kappa shape index (κ3) is 3.28. The van der Waals surface area contributed by atoms with Crippen molar-refractivity contribution in [3.8, 4) is 0 Å². The van der Waals surface area contributed by atoms with Gasteiger partial charge in [0.2, 0.25) is 0 Å². The molecular formula is C25H25NO. The Kier molecular flexibility index (Phi) is 4.81. The van der Waals surface area contributed by atoms with Crippen molar-refractivity contribution in [2.75, 3.05) is 0 Å². The van der Waals surface area contributed by atoms with Gasteiger partial charge in [-0.05, 0) is 30.2 Å². The molecule has 0 saturated carbocycles. The summed E-state index contributed by atoms with van der Waals surface area (Å²) in [7, 11) is 0. The number of hydrogen-bond acceptors (Lipinski definition) is 1. The van der Waals surface area contributed by atoms with E-state index in [2.05, 4.69) is 61.0 Å². The fourth-order valence-corrected chi connectivity index (χ4v) is 3.87. The van der Waals surface area contributed by atoms with Gasteiger partial charge in [-0.15, -0.1) is 0 Å². The van der Waals surface area contributed by atoms with Crippen LogP contribution in [-0.4, -0.2) is 10.4 Å². The average molecular weight is 355 g/mol. The lowest BCUT2D eigenvalue weighted by molar-refractivity contribution is 0.104. The molecule has 0 bridgehead atoms. The van der Waals surface area contributed by atoms with E-state index in [1.165, 1.54) is 18.4 Å². The summed E-state index contributed by atoms with van der Waals surface area (Å²) in [5.74, 6) is 0.108. The molecule has 0 spiro atoms. The van der Waals surface area contributed by atoms with Crippen LogP contribution in [0.3, 0.4) is 0 Å². The second kappa shape index (κ2) is 7.40. The third-order valence-electron chi connectivity index (χ3n) is 5.32. The van der Waals surface area contributed by atoms with Gasteiger partial charge < -0.3 is 4.57 Å². The van der Waals surface area contributed by atoms with Gasteiger partial charge in [-0.1, -0.05) is 79.9 Å². The first-order valence-electron chi connectivity index (χ1n) is 9.81. The van der Waals surface area contributed by atoms with Crippen molar-refractivity contribution < 1.29 is 4.79 Å². The van der Waals surface area contributed by atoms with Crippen molar-refractivity contribution in [1.82, 2.24) is 4.57 Å². The molecule has 0 amide bonds. The first-order valence-corrected chi connectivity index (χ1v) is 9.81. The Balaban J connectivity index is 1.83. The van der Waals surface area contributed by atoms with Crippen molar-refractivity contribution in [2.24, 2.45) is 0 Å². The minimum Gasteiger partial charge on any atom is -0.347 e. The predicted molar refractivity (Wildman–Crippen MR) is 114 cm³/mol. The molecule has 0 atom stereocenters. The standard InChI is InChI=1S/C25H25NO/c1-3-4-7-15-26-17-23(20-10-5-6-12-24(20)26)25(27)21-11-8-9-19-14-13-18(2)16-22(19)21/h5-6,8-14,16-17H,3-4,7,15H2,1-2H3.